The fourth-order valence-corrected chi connectivity index (χ4v) is 3.03. The summed E-state index contributed by atoms with van der Waals surface area (Å²) >= 11 is 0. The molecule has 0 aliphatic carbocycles. The number of hydrogen-bond donors (Lipinski definition) is 1. The fraction of sp³-hybridized carbons (Fsp3) is 0.444. The van der Waals surface area contributed by atoms with Crippen molar-refractivity contribution in [3.8, 4) is 0 Å². The molecule has 1 aromatic heterocycles. The molecule has 5 nitrogen and oxygen atoms in total. The summed E-state index contributed by atoms with van der Waals surface area (Å²) in [4.78, 5) is 18.8. The number of aromatic nitrogens is 2. The molecule has 23 heavy (non-hydrogen) atoms. The smallest absolute Gasteiger partial charge is 0.243 e. The molecule has 0 bridgehead atoms. The van der Waals surface area contributed by atoms with E-state index in [9.17, 15) is 4.79 Å². The quantitative estimate of drug-likeness (QED) is 0.921. The fourth-order valence-electron chi connectivity index (χ4n) is 3.03. The van der Waals surface area contributed by atoms with Crippen LogP contribution in [0.4, 0.5) is 0 Å². The Balaban J connectivity index is 1.45. The zero-order valence-corrected chi connectivity index (χ0v) is 13.6. The Kier molecular flexibility index (Phi) is 5.08. The lowest BCUT2D eigenvalue weighted by molar-refractivity contribution is -0.124. The highest BCUT2D eigenvalue weighted by Gasteiger charge is 2.23. The molecule has 1 aliphatic rings. The first kappa shape index (κ1) is 15.7. The van der Waals surface area contributed by atoms with Gasteiger partial charge in [-0.25, -0.2) is 4.98 Å². The van der Waals surface area contributed by atoms with Crippen molar-refractivity contribution in [2.45, 2.75) is 38.4 Å². The van der Waals surface area contributed by atoms with Gasteiger partial charge in [0.15, 0.2) is 0 Å². The minimum absolute atomic E-state index is 0.0736. The first-order chi connectivity index (χ1) is 11.2. The number of likely N-dealkylation sites (tertiary alicyclic amines) is 1. The molecule has 1 atom stereocenters. The van der Waals surface area contributed by atoms with Gasteiger partial charge < -0.3 is 9.88 Å². The van der Waals surface area contributed by atoms with Crippen molar-refractivity contribution in [3.05, 3.63) is 54.6 Å². The molecule has 1 fully saturated rings. The van der Waals surface area contributed by atoms with Gasteiger partial charge in [0, 0.05) is 38.1 Å². The third-order valence-corrected chi connectivity index (χ3v) is 4.53. The van der Waals surface area contributed by atoms with E-state index in [1.165, 1.54) is 5.56 Å². The highest BCUT2D eigenvalue weighted by atomic mass is 16.2. The molecule has 2 aromatic rings. The van der Waals surface area contributed by atoms with E-state index >= 15 is 0 Å². The zero-order chi connectivity index (χ0) is 16.1. The van der Waals surface area contributed by atoms with E-state index in [-0.39, 0.29) is 18.0 Å². The monoisotopic (exact) mass is 312 g/mol. The second-order valence-corrected chi connectivity index (χ2v) is 6.23. The molecule has 3 rings (SSSR count). The molecule has 1 aliphatic heterocycles. The van der Waals surface area contributed by atoms with E-state index < -0.39 is 0 Å². The Hall–Kier alpha value is -2.14. The third-order valence-electron chi connectivity index (χ3n) is 4.53. The lowest BCUT2D eigenvalue weighted by Crippen LogP contribution is -2.46. The van der Waals surface area contributed by atoms with Gasteiger partial charge in [-0.1, -0.05) is 30.3 Å². The van der Waals surface area contributed by atoms with Crippen LogP contribution in [0.2, 0.25) is 0 Å². The minimum atomic E-state index is -0.208. The number of nitrogens with zero attached hydrogens (tertiary/aromatic N) is 3. The van der Waals surface area contributed by atoms with Crippen molar-refractivity contribution in [2.75, 3.05) is 13.1 Å². The maximum Gasteiger partial charge on any atom is 0.243 e. The molecule has 0 unspecified atom stereocenters. The number of amides is 1. The second kappa shape index (κ2) is 7.42. The Morgan fingerprint density at radius 1 is 1.30 bits per heavy atom. The van der Waals surface area contributed by atoms with Gasteiger partial charge in [0.1, 0.15) is 6.04 Å². The predicted molar refractivity (Wildman–Crippen MR) is 89.8 cm³/mol. The summed E-state index contributed by atoms with van der Waals surface area (Å²) in [6.45, 7) is 4.95. The van der Waals surface area contributed by atoms with Gasteiger partial charge in [0.05, 0.1) is 6.33 Å². The van der Waals surface area contributed by atoms with Crippen LogP contribution in [0.1, 0.15) is 31.4 Å². The zero-order valence-electron chi connectivity index (χ0n) is 13.6. The number of rotatable bonds is 5. The molecule has 0 radical (unpaired) electrons. The molecule has 122 valence electrons. The first-order valence-corrected chi connectivity index (χ1v) is 8.26. The Labute approximate surface area is 137 Å². The van der Waals surface area contributed by atoms with Crippen molar-refractivity contribution < 1.29 is 4.79 Å². The van der Waals surface area contributed by atoms with E-state index in [1.807, 2.05) is 23.8 Å². The van der Waals surface area contributed by atoms with E-state index in [0.29, 0.717) is 0 Å². The molecule has 0 saturated carbocycles. The van der Waals surface area contributed by atoms with E-state index in [0.717, 1.165) is 32.5 Å². The summed E-state index contributed by atoms with van der Waals surface area (Å²) in [6.07, 6.45) is 7.23. The second-order valence-electron chi connectivity index (χ2n) is 6.23. The molecule has 1 saturated heterocycles. The van der Waals surface area contributed by atoms with E-state index in [1.54, 1.807) is 12.5 Å². The summed E-state index contributed by atoms with van der Waals surface area (Å²) in [7, 11) is 0. The molecule has 5 heteroatoms. The maximum atomic E-state index is 12.3. The van der Waals surface area contributed by atoms with Crippen LogP contribution in [-0.2, 0) is 11.3 Å². The topological polar surface area (TPSA) is 50.2 Å². The van der Waals surface area contributed by atoms with Crippen molar-refractivity contribution >= 4 is 5.91 Å². The molecule has 2 heterocycles. The molecular weight excluding hydrogens is 288 g/mol. The number of carbonyl (C=O) groups is 1. The lowest BCUT2D eigenvalue weighted by atomic mass is 10.0. The van der Waals surface area contributed by atoms with Crippen LogP contribution in [0.25, 0.3) is 0 Å². The van der Waals surface area contributed by atoms with Gasteiger partial charge >= 0.3 is 0 Å². The van der Waals surface area contributed by atoms with Crippen molar-refractivity contribution in [1.29, 1.82) is 0 Å². The average molecular weight is 312 g/mol. The Morgan fingerprint density at radius 2 is 2.04 bits per heavy atom. The molecule has 1 N–H and O–H groups in total. The Bertz CT molecular complexity index is 603. The van der Waals surface area contributed by atoms with E-state index in [2.05, 4.69) is 39.5 Å². The number of nitrogens with one attached hydrogen (secondary N) is 1. The summed E-state index contributed by atoms with van der Waals surface area (Å²) in [5.74, 6) is 0.0736. The van der Waals surface area contributed by atoms with Crippen molar-refractivity contribution in [3.63, 3.8) is 0 Å². The summed E-state index contributed by atoms with van der Waals surface area (Å²) in [5.41, 5.74) is 1.35. The SMILES string of the molecule is C[C@H](C(=O)NC1CCN(Cc2ccccc2)CC1)n1ccnc1. The van der Waals surface area contributed by atoms with E-state index in [4.69, 9.17) is 0 Å². The van der Waals surface area contributed by atoms with Gasteiger partial charge in [-0.15, -0.1) is 0 Å². The first-order valence-electron chi connectivity index (χ1n) is 8.26. The normalized spacial score (nSPS) is 17.8. The number of carbonyl (C=O) groups excluding carboxylic acids is 1. The highest BCUT2D eigenvalue weighted by molar-refractivity contribution is 5.80. The van der Waals surface area contributed by atoms with Crippen LogP contribution in [0, 0.1) is 0 Å². The molecular formula is C18H24N4O. The van der Waals surface area contributed by atoms with Crippen molar-refractivity contribution in [2.24, 2.45) is 0 Å². The van der Waals surface area contributed by atoms with Gasteiger partial charge in [-0.2, -0.15) is 0 Å². The third kappa shape index (κ3) is 4.20. The summed E-state index contributed by atoms with van der Waals surface area (Å²) < 4.78 is 1.83. The van der Waals surface area contributed by atoms with Crippen LogP contribution < -0.4 is 5.32 Å². The molecule has 0 spiro atoms. The standard InChI is InChI=1S/C18H24N4O/c1-15(22-12-9-19-14-22)18(23)20-17-7-10-21(11-8-17)13-16-5-3-2-4-6-16/h2-6,9,12,14-15,17H,7-8,10-11,13H2,1H3,(H,20,23)/t15-/m1/s1. The summed E-state index contributed by atoms with van der Waals surface area (Å²) in [5, 5.41) is 3.18. The van der Waals surface area contributed by atoms with Crippen LogP contribution >= 0.6 is 0 Å². The number of piperidine rings is 1. The largest absolute Gasteiger partial charge is 0.351 e. The van der Waals surface area contributed by atoms with Crippen LogP contribution in [0.3, 0.4) is 0 Å². The number of benzene rings is 1. The number of imidazole rings is 1. The number of hydrogen-bond acceptors (Lipinski definition) is 3. The highest BCUT2D eigenvalue weighted by Crippen LogP contribution is 2.15. The van der Waals surface area contributed by atoms with Gasteiger partial charge in [0.2, 0.25) is 5.91 Å². The van der Waals surface area contributed by atoms with Gasteiger partial charge in [0.25, 0.3) is 0 Å². The van der Waals surface area contributed by atoms with Crippen LogP contribution in [0.15, 0.2) is 49.1 Å². The van der Waals surface area contributed by atoms with Crippen molar-refractivity contribution in [1.82, 2.24) is 19.8 Å². The van der Waals surface area contributed by atoms with Gasteiger partial charge in [-0.05, 0) is 25.3 Å². The minimum Gasteiger partial charge on any atom is -0.351 e. The van der Waals surface area contributed by atoms with Gasteiger partial charge in [-0.3, -0.25) is 9.69 Å². The lowest BCUT2D eigenvalue weighted by Gasteiger charge is -2.33. The maximum absolute atomic E-state index is 12.3. The van der Waals surface area contributed by atoms with Crippen LogP contribution in [-0.4, -0.2) is 39.5 Å². The van der Waals surface area contributed by atoms with Crippen LogP contribution in [0.5, 0.6) is 0 Å². The molecule has 1 amide bonds. The molecule has 1 aromatic carbocycles. The average Bonchev–Trinajstić information content (AvgIpc) is 3.11. The summed E-state index contributed by atoms with van der Waals surface area (Å²) in [6, 6.07) is 10.6. The predicted octanol–water partition coefficient (Wildman–Crippen LogP) is 2.22. The Morgan fingerprint density at radius 3 is 2.70 bits per heavy atom.